The Kier molecular flexibility index (Phi) is 6.04. The molecule has 0 saturated carbocycles. The summed E-state index contributed by atoms with van der Waals surface area (Å²) in [5, 5.41) is 6.06. The fourth-order valence-corrected chi connectivity index (χ4v) is 3.24. The van der Waals surface area contributed by atoms with Crippen molar-refractivity contribution in [1.29, 1.82) is 0 Å². The average molecular weight is 431 g/mol. The molecule has 2 aromatic carbocycles. The highest BCUT2D eigenvalue weighted by Gasteiger charge is 2.10. The maximum Gasteiger partial charge on any atom is 0.257 e. The summed E-state index contributed by atoms with van der Waals surface area (Å²) >= 11 is 5.26. The Morgan fingerprint density at radius 3 is 2.48 bits per heavy atom. The van der Waals surface area contributed by atoms with Crippen LogP contribution in [0.15, 0.2) is 71.3 Å². The number of carbonyl (C=O) groups excluding carboxylic acids is 1. The second kappa shape index (κ2) is 9.06. The molecule has 1 amide bonds. The van der Waals surface area contributed by atoms with Gasteiger partial charge in [-0.05, 0) is 65.7 Å². The number of aromatic nitrogens is 2. The summed E-state index contributed by atoms with van der Waals surface area (Å²) in [5.74, 6) is 0.720. The number of rotatable bonds is 5. The molecule has 0 aliphatic rings. The third-order valence-corrected chi connectivity index (χ3v) is 5.13. The first-order valence-electron chi connectivity index (χ1n) is 9.99. The predicted octanol–water partition coefficient (Wildman–Crippen LogP) is 4.82. The summed E-state index contributed by atoms with van der Waals surface area (Å²) in [4.78, 5) is 21.0. The van der Waals surface area contributed by atoms with Crippen LogP contribution in [0.25, 0.3) is 22.7 Å². The molecule has 4 aromatic rings. The second-order valence-corrected chi connectivity index (χ2v) is 7.86. The van der Waals surface area contributed by atoms with Gasteiger partial charge >= 0.3 is 0 Å². The van der Waals surface area contributed by atoms with Gasteiger partial charge in [0.05, 0.1) is 0 Å². The number of pyridine rings is 1. The Bertz CT molecular complexity index is 1180. The summed E-state index contributed by atoms with van der Waals surface area (Å²) in [6.07, 6.45) is 1.69. The van der Waals surface area contributed by atoms with Gasteiger partial charge in [0.2, 0.25) is 5.89 Å². The first kappa shape index (κ1) is 20.7. The molecule has 0 aliphatic carbocycles. The molecule has 31 heavy (non-hydrogen) atoms. The molecular formula is C24H22N4O2S. The van der Waals surface area contributed by atoms with Crippen molar-refractivity contribution in [2.75, 3.05) is 0 Å². The van der Waals surface area contributed by atoms with Crippen LogP contribution in [0.5, 0.6) is 0 Å². The van der Waals surface area contributed by atoms with Crippen LogP contribution in [-0.2, 0) is 6.54 Å². The van der Waals surface area contributed by atoms with Crippen LogP contribution in [0, 0.1) is 0 Å². The number of carbonyl (C=O) groups is 1. The van der Waals surface area contributed by atoms with Gasteiger partial charge in [-0.15, -0.1) is 0 Å². The van der Waals surface area contributed by atoms with E-state index >= 15 is 0 Å². The Hall–Kier alpha value is -3.58. The van der Waals surface area contributed by atoms with E-state index in [0.717, 1.165) is 11.1 Å². The van der Waals surface area contributed by atoms with Gasteiger partial charge in [-0.3, -0.25) is 10.1 Å². The Balaban J connectivity index is 1.32. The number of benzene rings is 2. The third-order valence-electron chi connectivity index (χ3n) is 4.89. The van der Waals surface area contributed by atoms with Crippen molar-refractivity contribution in [2.24, 2.45) is 0 Å². The summed E-state index contributed by atoms with van der Waals surface area (Å²) < 4.78 is 5.74. The van der Waals surface area contributed by atoms with Gasteiger partial charge in [0.25, 0.3) is 5.91 Å². The first-order chi connectivity index (χ1) is 15.0. The lowest BCUT2D eigenvalue weighted by Crippen LogP contribution is -2.38. The van der Waals surface area contributed by atoms with E-state index < -0.39 is 0 Å². The molecule has 0 fully saturated rings. The lowest BCUT2D eigenvalue weighted by Gasteiger charge is -2.11. The van der Waals surface area contributed by atoms with E-state index in [0.29, 0.717) is 35.1 Å². The summed E-state index contributed by atoms with van der Waals surface area (Å²) in [6.45, 7) is 4.72. The third kappa shape index (κ3) is 4.95. The van der Waals surface area contributed by atoms with Gasteiger partial charge in [-0.2, -0.15) is 4.98 Å². The summed E-state index contributed by atoms with van der Waals surface area (Å²) in [6, 6.07) is 19.0. The Morgan fingerprint density at radius 1 is 1.06 bits per heavy atom. The highest BCUT2D eigenvalue weighted by atomic mass is 32.1. The number of oxazole rings is 1. The minimum Gasteiger partial charge on any atom is -0.434 e. The predicted molar refractivity (Wildman–Crippen MR) is 125 cm³/mol. The molecule has 2 N–H and O–H groups in total. The SMILES string of the molecule is CC(C)c1ccc(C(=O)NC(=S)NCc2ccc(-c3nc4ncccc4o3)cc2)cc1. The molecule has 0 aliphatic heterocycles. The van der Waals surface area contributed by atoms with E-state index in [9.17, 15) is 4.79 Å². The van der Waals surface area contributed by atoms with Gasteiger partial charge in [0.15, 0.2) is 16.3 Å². The molecule has 4 rings (SSSR count). The number of hydrogen-bond donors (Lipinski definition) is 2. The normalized spacial score (nSPS) is 10.9. The molecule has 0 bridgehead atoms. The van der Waals surface area contributed by atoms with Crippen molar-refractivity contribution in [2.45, 2.75) is 26.3 Å². The number of amides is 1. The average Bonchev–Trinajstić information content (AvgIpc) is 3.22. The van der Waals surface area contributed by atoms with Crippen LogP contribution in [0.3, 0.4) is 0 Å². The maximum atomic E-state index is 12.4. The molecule has 0 unspecified atom stereocenters. The van der Waals surface area contributed by atoms with Crippen LogP contribution >= 0.6 is 12.2 Å². The zero-order valence-corrected chi connectivity index (χ0v) is 18.1. The zero-order chi connectivity index (χ0) is 21.8. The van der Waals surface area contributed by atoms with E-state index in [1.165, 1.54) is 5.56 Å². The molecule has 6 nitrogen and oxygen atoms in total. The van der Waals surface area contributed by atoms with Crippen LogP contribution in [0.4, 0.5) is 0 Å². The molecule has 2 aromatic heterocycles. The molecule has 0 saturated heterocycles. The largest absolute Gasteiger partial charge is 0.434 e. The van der Waals surface area contributed by atoms with Crippen molar-refractivity contribution in [1.82, 2.24) is 20.6 Å². The van der Waals surface area contributed by atoms with Gasteiger partial charge in [0, 0.05) is 23.9 Å². The monoisotopic (exact) mass is 430 g/mol. The van der Waals surface area contributed by atoms with Gasteiger partial charge < -0.3 is 9.73 Å². The van der Waals surface area contributed by atoms with E-state index in [4.69, 9.17) is 16.6 Å². The van der Waals surface area contributed by atoms with E-state index in [-0.39, 0.29) is 11.0 Å². The Morgan fingerprint density at radius 2 is 1.81 bits per heavy atom. The van der Waals surface area contributed by atoms with Crippen molar-refractivity contribution in [3.63, 3.8) is 0 Å². The van der Waals surface area contributed by atoms with Crippen LogP contribution in [0.1, 0.15) is 41.3 Å². The smallest absolute Gasteiger partial charge is 0.257 e. The summed E-state index contributed by atoms with van der Waals surface area (Å²) in [5.41, 5.74) is 4.88. The number of fused-ring (bicyclic) bond motifs is 1. The highest BCUT2D eigenvalue weighted by molar-refractivity contribution is 7.80. The molecule has 0 spiro atoms. The molecule has 0 radical (unpaired) electrons. The van der Waals surface area contributed by atoms with Crippen molar-refractivity contribution in [3.8, 4) is 11.5 Å². The minimum absolute atomic E-state index is 0.229. The first-order valence-corrected chi connectivity index (χ1v) is 10.4. The second-order valence-electron chi connectivity index (χ2n) is 7.45. The maximum absolute atomic E-state index is 12.4. The van der Waals surface area contributed by atoms with Crippen LogP contribution in [-0.4, -0.2) is 21.0 Å². The quantitative estimate of drug-likeness (QED) is 0.442. The standard InChI is InChI=1S/C24H22N4O2S/c1-15(2)17-9-11-18(12-10-17)22(29)28-24(31)26-14-16-5-7-19(8-6-16)23-27-21-20(30-23)4-3-13-25-21/h3-13,15H,14H2,1-2H3,(H2,26,28,29,31). The van der Waals surface area contributed by atoms with Gasteiger partial charge in [-0.25, -0.2) is 4.98 Å². The lowest BCUT2D eigenvalue weighted by atomic mass is 10.0. The molecular weight excluding hydrogens is 408 g/mol. The zero-order valence-electron chi connectivity index (χ0n) is 17.3. The van der Waals surface area contributed by atoms with E-state index in [2.05, 4.69) is 34.4 Å². The van der Waals surface area contributed by atoms with Crippen molar-refractivity contribution in [3.05, 3.63) is 83.6 Å². The van der Waals surface area contributed by atoms with Gasteiger partial charge in [-0.1, -0.05) is 38.1 Å². The van der Waals surface area contributed by atoms with Crippen LogP contribution < -0.4 is 10.6 Å². The van der Waals surface area contributed by atoms with Crippen molar-refractivity contribution >= 4 is 34.5 Å². The number of nitrogens with zero attached hydrogens (tertiary/aromatic N) is 2. The van der Waals surface area contributed by atoms with E-state index in [1.807, 2.05) is 60.7 Å². The molecule has 2 heterocycles. The van der Waals surface area contributed by atoms with Crippen LogP contribution in [0.2, 0.25) is 0 Å². The topological polar surface area (TPSA) is 80.0 Å². The fourth-order valence-electron chi connectivity index (χ4n) is 3.08. The number of hydrogen-bond acceptors (Lipinski definition) is 5. The molecule has 156 valence electrons. The lowest BCUT2D eigenvalue weighted by molar-refractivity contribution is 0.0976. The molecule has 7 heteroatoms. The number of nitrogens with one attached hydrogen (secondary N) is 2. The fraction of sp³-hybridized carbons (Fsp3) is 0.167. The van der Waals surface area contributed by atoms with Crippen molar-refractivity contribution < 1.29 is 9.21 Å². The highest BCUT2D eigenvalue weighted by Crippen LogP contribution is 2.23. The summed E-state index contributed by atoms with van der Waals surface area (Å²) in [7, 11) is 0. The van der Waals surface area contributed by atoms with E-state index in [1.54, 1.807) is 6.20 Å². The molecule has 0 atom stereocenters. The minimum atomic E-state index is -0.229. The Labute approximate surface area is 185 Å². The van der Waals surface area contributed by atoms with Gasteiger partial charge in [0.1, 0.15) is 0 Å². The number of thiocarbonyl (C=S) groups is 1.